The van der Waals surface area contributed by atoms with E-state index in [0.717, 1.165) is 26.2 Å². The fourth-order valence-corrected chi connectivity index (χ4v) is 1.91. The van der Waals surface area contributed by atoms with Crippen LogP contribution in [0.1, 0.15) is 0 Å². The van der Waals surface area contributed by atoms with Gasteiger partial charge in [-0.15, -0.1) is 0 Å². The second-order valence-corrected chi connectivity index (χ2v) is 4.16. The average Bonchev–Trinajstić information content (AvgIpc) is 2.20. The number of hydrogen-bond acceptors (Lipinski definition) is 2. The lowest BCUT2D eigenvalue weighted by Crippen LogP contribution is -3.12. The summed E-state index contributed by atoms with van der Waals surface area (Å²) in [5.74, 6) is -0.213. The maximum absolute atomic E-state index is 13.6. The number of quaternary nitrogens is 1. The van der Waals surface area contributed by atoms with Crippen molar-refractivity contribution in [1.82, 2.24) is 0 Å². The Morgan fingerprint density at radius 1 is 1.33 bits per heavy atom. The fourth-order valence-electron chi connectivity index (χ4n) is 1.91. The minimum atomic E-state index is -0.213. The summed E-state index contributed by atoms with van der Waals surface area (Å²) in [6.45, 7) is 3.94. The number of nitrogens with two attached hydrogens (primary N) is 1. The minimum absolute atomic E-state index is 0.213. The Labute approximate surface area is 89.3 Å². The SMILES string of the molecule is C[NH+]1CCN(c2ccc(N)cc2F)CC1. The quantitative estimate of drug-likeness (QED) is 0.626. The van der Waals surface area contributed by atoms with Crippen LogP contribution in [0.25, 0.3) is 0 Å². The molecule has 15 heavy (non-hydrogen) atoms. The van der Waals surface area contributed by atoms with E-state index in [-0.39, 0.29) is 5.82 Å². The van der Waals surface area contributed by atoms with Crippen LogP contribution in [0, 0.1) is 5.82 Å². The van der Waals surface area contributed by atoms with Gasteiger partial charge in [-0.25, -0.2) is 4.39 Å². The van der Waals surface area contributed by atoms with Gasteiger partial charge in [-0.1, -0.05) is 0 Å². The van der Waals surface area contributed by atoms with Gasteiger partial charge in [0.25, 0.3) is 0 Å². The normalized spacial score (nSPS) is 18.1. The third kappa shape index (κ3) is 2.21. The van der Waals surface area contributed by atoms with Crippen LogP contribution >= 0.6 is 0 Å². The maximum Gasteiger partial charge on any atom is 0.148 e. The van der Waals surface area contributed by atoms with Crippen molar-refractivity contribution in [3.05, 3.63) is 24.0 Å². The highest BCUT2D eigenvalue weighted by atomic mass is 19.1. The fraction of sp³-hybridized carbons (Fsp3) is 0.455. The van der Waals surface area contributed by atoms with Crippen LogP contribution in [-0.2, 0) is 0 Å². The van der Waals surface area contributed by atoms with Gasteiger partial charge >= 0.3 is 0 Å². The molecule has 1 aliphatic rings. The van der Waals surface area contributed by atoms with Gasteiger partial charge in [0.2, 0.25) is 0 Å². The standard InChI is InChI=1S/C11H16FN3/c1-14-4-6-15(7-5-14)11-3-2-9(13)8-10(11)12/h2-3,8H,4-7,13H2,1H3/p+1. The molecule has 0 atom stereocenters. The molecule has 3 N–H and O–H groups in total. The molecule has 0 saturated carbocycles. The number of piperazine rings is 1. The predicted octanol–water partition coefficient (Wildman–Crippen LogP) is -0.257. The first-order chi connectivity index (χ1) is 7.16. The summed E-state index contributed by atoms with van der Waals surface area (Å²) >= 11 is 0. The highest BCUT2D eigenvalue weighted by molar-refractivity contribution is 5.54. The number of benzene rings is 1. The Balaban J connectivity index is 2.15. The summed E-state index contributed by atoms with van der Waals surface area (Å²) in [4.78, 5) is 3.59. The van der Waals surface area contributed by atoms with Crippen LogP contribution in [0.2, 0.25) is 0 Å². The number of nitrogen functional groups attached to an aromatic ring is 1. The van der Waals surface area contributed by atoms with Gasteiger partial charge in [-0.2, -0.15) is 0 Å². The molecule has 0 unspecified atom stereocenters. The molecule has 4 heteroatoms. The molecular formula is C11H17FN3+. The van der Waals surface area contributed by atoms with E-state index in [9.17, 15) is 4.39 Å². The number of nitrogens with one attached hydrogen (secondary N) is 1. The molecule has 0 aliphatic carbocycles. The molecular weight excluding hydrogens is 193 g/mol. The molecule has 3 nitrogen and oxygen atoms in total. The predicted molar refractivity (Wildman–Crippen MR) is 59.6 cm³/mol. The van der Waals surface area contributed by atoms with Crippen LogP contribution in [0.3, 0.4) is 0 Å². The van der Waals surface area contributed by atoms with Crippen molar-refractivity contribution >= 4 is 11.4 Å². The van der Waals surface area contributed by atoms with Crippen molar-refractivity contribution in [3.8, 4) is 0 Å². The number of rotatable bonds is 1. The summed E-state index contributed by atoms with van der Waals surface area (Å²) in [5.41, 5.74) is 6.68. The average molecular weight is 210 g/mol. The van der Waals surface area contributed by atoms with E-state index >= 15 is 0 Å². The van der Waals surface area contributed by atoms with E-state index in [1.54, 1.807) is 12.1 Å². The van der Waals surface area contributed by atoms with Gasteiger partial charge in [-0.05, 0) is 18.2 Å². The largest absolute Gasteiger partial charge is 0.399 e. The van der Waals surface area contributed by atoms with Crippen molar-refractivity contribution < 1.29 is 9.29 Å². The molecule has 1 saturated heterocycles. The van der Waals surface area contributed by atoms with Gasteiger partial charge in [0.05, 0.1) is 38.9 Å². The number of halogens is 1. The van der Waals surface area contributed by atoms with E-state index in [0.29, 0.717) is 11.4 Å². The number of anilines is 2. The first-order valence-corrected chi connectivity index (χ1v) is 5.28. The van der Waals surface area contributed by atoms with Gasteiger partial charge in [0.15, 0.2) is 0 Å². The molecule has 82 valence electrons. The molecule has 1 fully saturated rings. The Bertz CT molecular complexity index is 346. The zero-order valence-electron chi connectivity index (χ0n) is 8.96. The van der Waals surface area contributed by atoms with Crippen LogP contribution in [-0.4, -0.2) is 33.2 Å². The number of hydrogen-bond donors (Lipinski definition) is 2. The zero-order valence-corrected chi connectivity index (χ0v) is 8.96. The molecule has 1 aliphatic heterocycles. The van der Waals surface area contributed by atoms with Crippen LogP contribution < -0.4 is 15.5 Å². The van der Waals surface area contributed by atoms with Crippen molar-refractivity contribution in [3.63, 3.8) is 0 Å². The topological polar surface area (TPSA) is 33.7 Å². The minimum Gasteiger partial charge on any atom is -0.399 e. The maximum atomic E-state index is 13.6. The zero-order chi connectivity index (χ0) is 10.8. The highest BCUT2D eigenvalue weighted by Gasteiger charge is 2.19. The molecule has 0 bridgehead atoms. The lowest BCUT2D eigenvalue weighted by atomic mass is 10.2. The molecule has 0 amide bonds. The lowest BCUT2D eigenvalue weighted by molar-refractivity contribution is -0.880. The summed E-state index contributed by atoms with van der Waals surface area (Å²) < 4.78 is 13.6. The van der Waals surface area contributed by atoms with Crippen LogP contribution in [0.15, 0.2) is 18.2 Å². The van der Waals surface area contributed by atoms with E-state index < -0.39 is 0 Å². The van der Waals surface area contributed by atoms with Crippen LogP contribution in [0.5, 0.6) is 0 Å². The van der Waals surface area contributed by atoms with Gasteiger partial charge in [-0.3, -0.25) is 0 Å². The van der Waals surface area contributed by atoms with Crippen molar-refractivity contribution in [2.45, 2.75) is 0 Å². The molecule has 0 spiro atoms. The van der Waals surface area contributed by atoms with Gasteiger partial charge < -0.3 is 15.5 Å². The molecule has 1 aromatic rings. The Hall–Kier alpha value is -1.29. The first-order valence-electron chi connectivity index (χ1n) is 5.28. The molecule has 0 aromatic heterocycles. The van der Waals surface area contributed by atoms with Crippen molar-refractivity contribution in [2.75, 3.05) is 43.9 Å². The second kappa shape index (κ2) is 4.06. The van der Waals surface area contributed by atoms with Crippen molar-refractivity contribution in [1.29, 1.82) is 0 Å². The number of nitrogens with zero attached hydrogens (tertiary/aromatic N) is 1. The van der Waals surface area contributed by atoms with Gasteiger partial charge in [0, 0.05) is 5.69 Å². The van der Waals surface area contributed by atoms with E-state index in [1.165, 1.54) is 11.0 Å². The third-order valence-corrected chi connectivity index (χ3v) is 2.93. The third-order valence-electron chi connectivity index (χ3n) is 2.93. The monoisotopic (exact) mass is 210 g/mol. The highest BCUT2D eigenvalue weighted by Crippen LogP contribution is 2.21. The Morgan fingerprint density at radius 2 is 2.00 bits per heavy atom. The summed E-state index contributed by atoms with van der Waals surface area (Å²) in [7, 11) is 2.16. The Morgan fingerprint density at radius 3 is 2.60 bits per heavy atom. The molecule has 1 aromatic carbocycles. The summed E-state index contributed by atoms with van der Waals surface area (Å²) in [6, 6.07) is 4.91. The smallest absolute Gasteiger partial charge is 0.148 e. The first kappa shape index (κ1) is 10.2. The van der Waals surface area contributed by atoms with Crippen LogP contribution in [0.4, 0.5) is 15.8 Å². The molecule has 1 heterocycles. The Kier molecular flexibility index (Phi) is 2.77. The van der Waals surface area contributed by atoms with E-state index in [2.05, 4.69) is 11.9 Å². The number of likely N-dealkylation sites (N-methyl/N-ethyl adjacent to an activating group) is 1. The van der Waals surface area contributed by atoms with Crippen molar-refractivity contribution in [2.24, 2.45) is 0 Å². The molecule has 2 rings (SSSR count). The summed E-state index contributed by atoms with van der Waals surface area (Å²) in [5, 5.41) is 0. The second-order valence-electron chi connectivity index (χ2n) is 4.16. The van der Waals surface area contributed by atoms with E-state index in [1.807, 2.05) is 0 Å². The molecule has 0 radical (unpaired) electrons. The van der Waals surface area contributed by atoms with E-state index in [4.69, 9.17) is 5.73 Å². The van der Waals surface area contributed by atoms with Gasteiger partial charge in [0.1, 0.15) is 5.82 Å². The summed E-state index contributed by atoms with van der Waals surface area (Å²) in [6.07, 6.45) is 0. The lowest BCUT2D eigenvalue weighted by Gasteiger charge is -2.31.